The highest BCUT2D eigenvalue weighted by atomic mass is 35.5. The molecule has 1 amide bonds. The SMILES string of the molecule is Cl.O=C(CC1COCCN1)NCc1cccc(-n2cncn2)c1. The number of ether oxygens (including phenoxy) is 1. The molecule has 1 aromatic carbocycles. The van der Waals surface area contributed by atoms with Crippen LogP contribution in [-0.2, 0) is 16.1 Å². The topological polar surface area (TPSA) is 81.1 Å². The minimum absolute atomic E-state index is 0. The molecule has 1 aromatic heterocycles. The summed E-state index contributed by atoms with van der Waals surface area (Å²) in [6.45, 7) is 2.61. The second-order valence-corrected chi connectivity index (χ2v) is 5.22. The number of nitrogens with zero attached hydrogens (tertiary/aromatic N) is 3. The Labute approximate surface area is 140 Å². The molecule has 1 aliphatic heterocycles. The Morgan fingerprint density at radius 3 is 3.13 bits per heavy atom. The van der Waals surface area contributed by atoms with Crippen LogP contribution >= 0.6 is 12.4 Å². The lowest BCUT2D eigenvalue weighted by Crippen LogP contribution is -2.44. The maximum Gasteiger partial charge on any atom is 0.221 e. The molecule has 2 N–H and O–H groups in total. The molecule has 0 aliphatic carbocycles. The maximum absolute atomic E-state index is 12.0. The van der Waals surface area contributed by atoms with Gasteiger partial charge in [0.25, 0.3) is 0 Å². The zero-order valence-electron chi connectivity index (χ0n) is 12.6. The van der Waals surface area contributed by atoms with Gasteiger partial charge >= 0.3 is 0 Å². The van der Waals surface area contributed by atoms with E-state index < -0.39 is 0 Å². The second-order valence-electron chi connectivity index (χ2n) is 5.22. The third-order valence-corrected chi connectivity index (χ3v) is 3.51. The van der Waals surface area contributed by atoms with Crippen LogP contribution in [0.15, 0.2) is 36.9 Å². The summed E-state index contributed by atoms with van der Waals surface area (Å²) in [6, 6.07) is 7.95. The monoisotopic (exact) mass is 337 g/mol. The molecule has 1 atom stereocenters. The van der Waals surface area contributed by atoms with Crippen molar-refractivity contribution in [2.75, 3.05) is 19.8 Å². The number of carbonyl (C=O) groups is 1. The second kappa shape index (κ2) is 8.61. The lowest BCUT2D eigenvalue weighted by molar-refractivity contribution is -0.122. The van der Waals surface area contributed by atoms with Gasteiger partial charge in [0, 0.05) is 25.6 Å². The Balaban J connectivity index is 0.00000192. The summed E-state index contributed by atoms with van der Waals surface area (Å²) in [7, 11) is 0. The van der Waals surface area contributed by atoms with Crippen molar-refractivity contribution >= 4 is 18.3 Å². The van der Waals surface area contributed by atoms with Crippen LogP contribution in [0.25, 0.3) is 5.69 Å². The number of nitrogens with one attached hydrogen (secondary N) is 2. The van der Waals surface area contributed by atoms with Gasteiger partial charge in [-0.15, -0.1) is 12.4 Å². The van der Waals surface area contributed by atoms with Crippen LogP contribution in [0.4, 0.5) is 0 Å². The first-order chi connectivity index (χ1) is 10.8. The van der Waals surface area contributed by atoms with Gasteiger partial charge in [0.05, 0.1) is 18.9 Å². The van der Waals surface area contributed by atoms with Gasteiger partial charge in [-0.3, -0.25) is 4.79 Å². The molecule has 1 unspecified atom stereocenters. The predicted molar refractivity (Wildman–Crippen MR) is 87.7 cm³/mol. The van der Waals surface area contributed by atoms with E-state index in [9.17, 15) is 4.79 Å². The third kappa shape index (κ3) is 5.02. The molecule has 3 rings (SSSR count). The standard InChI is InChI=1S/C15H19N5O2.ClH/c21-15(7-13-9-22-5-4-17-13)18-8-12-2-1-3-14(6-12)20-11-16-10-19-20;/h1-3,6,10-11,13,17H,4-5,7-9H2,(H,18,21);1H. The van der Waals surface area contributed by atoms with Crippen molar-refractivity contribution in [3.8, 4) is 5.69 Å². The molecule has 8 heteroatoms. The van der Waals surface area contributed by atoms with Crippen molar-refractivity contribution in [1.29, 1.82) is 0 Å². The highest BCUT2D eigenvalue weighted by Gasteiger charge is 2.16. The summed E-state index contributed by atoms with van der Waals surface area (Å²) in [5.41, 5.74) is 1.95. The molecule has 1 aliphatic rings. The molecule has 2 heterocycles. The fraction of sp³-hybridized carbons (Fsp3) is 0.400. The summed E-state index contributed by atoms with van der Waals surface area (Å²) >= 11 is 0. The fourth-order valence-electron chi connectivity index (χ4n) is 2.40. The fourth-order valence-corrected chi connectivity index (χ4v) is 2.40. The molecule has 1 saturated heterocycles. The Kier molecular flexibility index (Phi) is 6.52. The van der Waals surface area contributed by atoms with Crippen LogP contribution < -0.4 is 10.6 Å². The number of amides is 1. The number of rotatable bonds is 5. The zero-order chi connectivity index (χ0) is 15.2. The number of hydrogen-bond donors (Lipinski definition) is 2. The van der Waals surface area contributed by atoms with Crippen molar-refractivity contribution in [2.24, 2.45) is 0 Å². The normalized spacial score (nSPS) is 17.3. The van der Waals surface area contributed by atoms with E-state index in [1.165, 1.54) is 6.33 Å². The highest BCUT2D eigenvalue weighted by Crippen LogP contribution is 2.09. The van der Waals surface area contributed by atoms with Gasteiger partial charge in [-0.25, -0.2) is 9.67 Å². The molecule has 0 spiro atoms. The number of morpholine rings is 1. The van der Waals surface area contributed by atoms with Gasteiger partial charge in [-0.05, 0) is 17.7 Å². The van der Waals surface area contributed by atoms with Gasteiger partial charge in [-0.1, -0.05) is 12.1 Å². The van der Waals surface area contributed by atoms with E-state index in [1.807, 2.05) is 24.3 Å². The van der Waals surface area contributed by atoms with Gasteiger partial charge in [-0.2, -0.15) is 5.10 Å². The summed E-state index contributed by atoms with van der Waals surface area (Å²) in [5.74, 6) is 0.0224. The maximum atomic E-state index is 12.0. The molecule has 7 nitrogen and oxygen atoms in total. The number of benzene rings is 1. The summed E-state index contributed by atoms with van der Waals surface area (Å²) in [5, 5.41) is 10.3. The first kappa shape index (κ1) is 17.4. The van der Waals surface area contributed by atoms with Crippen LogP contribution in [0.5, 0.6) is 0 Å². The molecule has 0 bridgehead atoms. The van der Waals surface area contributed by atoms with Gasteiger partial charge in [0.15, 0.2) is 0 Å². The lowest BCUT2D eigenvalue weighted by Gasteiger charge is -2.23. The zero-order valence-corrected chi connectivity index (χ0v) is 13.5. The first-order valence-electron chi connectivity index (χ1n) is 7.33. The average molecular weight is 338 g/mol. The van der Waals surface area contributed by atoms with Crippen LogP contribution in [0.2, 0.25) is 0 Å². The molecule has 0 saturated carbocycles. The van der Waals surface area contributed by atoms with Gasteiger partial charge < -0.3 is 15.4 Å². The number of hydrogen-bond acceptors (Lipinski definition) is 5. The number of aromatic nitrogens is 3. The van der Waals surface area contributed by atoms with Crippen LogP contribution in [0, 0.1) is 0 Å². The predicted octanol–water partition coefficient (Wildman–Crippen LogP) is 0.684. The molecular formula is C15H20ClN5O2. The molecule has 124 valence electrons. The smallest absolute Gasteiger partial charge is 0.221 e. The van der Waals surface area contributed by atoms with Crippen LogP contribution in [0.1, 0.15) is 12.0 Å². The van der Waals surface area contributed by atoms with Crippen molar-refractivity contribution in [3.63, 3.8) is 0 Å². The lowest BCUT2D eigenvalue weighted by atomic mass is 10.1. The third-order valence-electron chi connectivity index (χ3n) is 3.51. The Morgan fingerprint density at radius 2 is 2.39 bits per heavy atom. The molecule has 0 radical (unpaired) electrons. The van der Waals surface area contributed by atoms with Crippen LogP contribution in [0.3, 0.4) is 0 Å². The van der Waals surface area contributed by atoms with E-state index in [2.05, 4.69) is 20.7 Å². The van der Waals surface area contributed by atoms with Crippen molar-refractivity contribution < 1.29 is 9.53 Å². The first-order valence-corrected chi connectivity index (χ1v) is 7.33. The largest absolute Gasteiger partial charge is 0.378 e. The van der Waals surface area contributed by atoms with Crippen molar-refractivity contribution in [3.05, 3.63) is 42.5 Å². The van der Waals surface area contributed by atoms with E-state index in [0.29, 0.717) is 26.2 Å². The van der Waals surface area contributed by atoms with Crippen molar-refractivity contribution in [1.82, 2.24) is 25.4 Å². The summed E-state index contributed by atoms with van der Waals surface area (Å²) in [4.78, 5) is 15.9. The minimum atomic E-state index is 0. The highest BCUT2D eigenvalue weighted by molar-refractivity contribution is 5.85. The Hall–Kier alpha value is -1.96. The summed E-state index contributed by atoms with van der Waals surface area (Å²) in [6.07, 6.45) is 3.57. The van der Waals surface area contributed by atoms with Gasteiger partial charge in [0.2, 0.25) is 5.91 Å². The molecule has 23 heavy (non-hydrogen) atoms. The quantitative estimate of drug-likeness (QED) is 0.838. The summed E-state index contributed by atoms with van der Waals surface area (Å²) < 4.78 is 7.03. The van der Waals surface area contributed by atoms with Crippen molar-refractivity contribution in [2.45, 2.75) is 19.0 Å². The molecular weight excluding hydrogens is 318 g/mol. The number of carbonyl (C=O) groups excluding carboxylic acids is 1. The van der Waals surface area contributed by atoms with E-state index >= 15 is 0 Å². The Bertz CT molecular complexity index is 614. The van der Waals surface area contributed by atoms with E-state index in [4.69, 9.17) is 4.74 Å². The molecule has 1 fully saturated rings. The van der Waals surface area contributed by atoms with E-state index in [1.54, 1.807) is 11.0 Å². The molecule has 2 aromatic rings. The number of halogens is 1. The Morgan fingerprint density at radius 1 is 1.48 bits per heavy atom. The minimum Gasteiger partial charge on any atom is -0.378 e. The van der Waals surface area contributed by atoms with E-state index in [0.717, 1.165) is 17.8 Å². The van der Waals surface area contributed by atoms with Crippen LogP contribution in [-0.4, -0.2) is 46.5 Å². The van der Waals surface area contributed by atoms with Gasteiger partial charge in [0.1, 0.15) is 12.7 Å². The van der Waals surface area contributed by atoms with E-state index in [-0.39, 0.29) is 24.4 Å². The average Bonchev–Trinajstić information content (AvgIpc) is 3.09.